The zero-order valence-electron chi connectivity index (χ0n) is 22.0. The fourth-order valence-corrected chi connectivity index (χ4v) is 4.33. The molecule has 4 aliphatic rings. The van der Waals surface area contributed by atoms with Gasteiger partial charge in [-0.3, -0.25) is 4.79 Å². The van der Waals surface area contributed by atoms with Crippen LogP contribution in [0.1, 0.15) is 44.0 Å². The predicted octanol–water partition coefficient (Wildman–Crippen LogP) is 1.93. The van der Waals surface area contributed by atoms with Gasteiger partial charge in [-0.25, -0.2) is 0 Å². The first-order chi connectivity index (χ1) is 14.5. The largest absolute Gasteiger partial charge is 0.493 e. The molecule has 2 aliphatic heterocycles. The summed E-state index contributed by atoms with van der Waals surface area (Å²) >= 11 is 0. The Morgan fingerprint density at radius 2 is 2.55 bits per heavy atom. The van der Waals surface area contributed by atoms with E-state index < -0.39 is 66.9 Å². The molecule has 5 rings (SSSR count). The van der Waals surface area contributed by atoms with Gasteiger partial charge in [0.15, 0.2) is 23.4 Å². The Bertz CT molecular complexity index is 1090. The molecule has 1 unspecified atom stereocenters. The van der Waals surface area contributed by atoms with Gasteiger partial charge in [-0.2, -0.15) is 0 Å². The van der Waals surface area contributed by atoms with E-state index in [4.69, 9.17) is 20.4 Å². The quantitative estimate of drug-likeness (QED) is 0.795. The Labute approximate surface area is 144 Å². The van der Waals surface area contributed by atoms with Crippen LogP contribution in [0, 0.1) is 5.89 Å². The summed E-state index contributed by atoms with van der Waals surface area (Å²) in [6.45, 7) is 0.203. The molecule has 1 spiro atoms. The molecular weight excluding hydrogens is 278 g/mol. The summed E-state index contributed by atoms with van der Waals surface area (Å²) < 4.78 is 94.4. The first-order valence-electron chi connectivity index (χ1n) is 12.3. The summed E-state index contributed by atoms with van der Waals surface area (Å²) in [6.07, 6.45) is -6.21. The topological polar surface area (TPSA) is 38.8 Å². The first-order valence-corrected chi connectivity index (χ1v) is 7.28. The average Bonchev–Trinajstić information content (AvgIpc) is 2.92. The number of methoxy groups -OCH3 is 1. The van der Waals surface area contributed by atoms with Crippen molar-refractivity contribution in [2.24, 2.45) is 5.89 Å². The summed E-state index contributed by atoms with van der Waals surface area (Å²) in [5.41, 5.74) is -1.62. The van der Waals surface area contributed by atoms with Crippen molar-refractivity contribution in [1.82, 2.24) is 4.90 Å². The highest BCUT2D eigenvalue weighted by Gasteiger charge is 2.65. The summed E-state index contributed by atoms with van der Waals surface area (Å²) in [7, 11) is -1.42. The number of likely N-dealkylation sites (tertiary alicyclic amines) is 1. The van der Waals surface area contributed by atoms with Crippen LogP contribution in [-0.2, 0) is 16.6 Å². The number of nitrogens with zero attached hydrogens (tertiary/aromatic N) is 1. The molecular formula is C18H21NO3. The zero-order chi connectivity index (χ0) is 23.9. The molecule has 116 valence electrons. The molecule has 1 aromatic carbocycles. The van der Waals surface area contributed by atoms with Crippen molar-refractivity contribution in [2.45, 2.75) is 43.1 Å². The maximum absolute atomic E-state index is 13.3. The molecule has 0 N–H and O–H groups in total. The number of rotatable bonds is 1. The van der Waals surface area contributed by atoms with E-state index in [9.17, 15) is 7.54 Å². The molecule has 0 radical (unpaired) electrons. The minimum atomic E-state index is -3.02. The third-order valence-electron chi connectivity index (χ3n) is 5.31. The van der Waals surface area contributed by atoms with Gasteiger partial charge >= 0.3 is 0 Å². The second-order valence-corrected chi connectivity index (χ2v) is 6.16. The van der Waals surface area contributed by atoms with E-state index in [1.807, 2.05) is 0 Å². The lowest BCUT2D eigenvalue weighted by Gasteiger charge is -2.57. The lowest BCUT2D eigenvalue weighted by atomic mass is 9.52. The van der Waals surface area contributed by atoms with Crippen LogP contribution in [0.15, 0.2) is 12.1 Å². The monoisotopic (exact) mass is 309 g/mol. The van der Waals surface area contributed by atoms with Gasteiger partial charge in [0.25, 0.3) is 0 Å². The first kappa shape index (κ1) is 6.52. The maximum atomic E-state index is 13.3. The Morgan fingerprint density at radius 1 is 1.64 bits per heavy atom. The van der Waals surface area contributed by atoms with Crippen LogP contribution < -0.4 is 9.47 Å². The Morgan fingerprint density at radius 3 is 3.41 bits per heavy atom. The summed E-state index contributed by atoms with van der Waals surface area (Å²) in [6, 6.07) is -2.84. The van der Waals surface area contributed by atoms with Crippen molar-refractivity contribution in [3.05, 3.63) is 23.2 Å². The van der Waals surface area contributed by atoms with E-state index in [1.165, 1.54) is 0 Å². The number of hydrogen-bond donors (Lipinski definition) is 0. The molecule has 2 fully saturated rings. The number of ether oxygens (including phenoxy) is 2. The Hall–Kier alpha value is -1.55. The Balaban J connectivity index is 1.94. The SMILES string of the molecule is [2H]c1c([2H])c(OC([2H])([2H])[2H])c2c3c1C[C@@]1([2H])N(C)CC[C@@]34C([2H])(O2)C(=O)C([2H])([2H])C[C@@]14[2H]. The second kappa shape index (κ2) is 4.05. The standard InChI is InChI=1S/C18H21NO3/c1-19-8-7-18-11-4-5-13(20)17(18)22-16-14(21-2)6-3-10(15(16)18)9-12(11)19/h3,6,11-12,17H,4-5,7-9H2,1-2H3/t11-,12+,17?,18-/m0/s1/i2D3,3D,5D2,6D,11D,12D,17D. The minimum absolute atomic E-state index is 0.0110. The fourth-order valence-electron chi connectivity index (χ4n) is 4.33. The lowest BCUT2D eigenvalue weighted by molar-refractivity contribution is -0.138. The van der Waals surface area contributed by atoms with Gasteiger partial charge in [0.2, 0.25) is 0 Å². The highest BCUT2D eigenvalue weighted by molar-refractivity contribution is 5.89. The van der Waals surface area contributed by atoms with E-state index in [0.717, 1.165) is 0 Å². The second-order valence-electron chi connectivity index (χ2n) is 6.16. The van der Waals surface area contributed by atoms with Crippen LogP contribution in [-0.4, -0.2) is 43.4 Å². The van der Waals surface area contributed by atoms with E-state index in [0.29, 0.717) is 0 Å². The Kier molecular flexibility index (Phi) is 1.20. The number of hydrogen-bond acceptors (Lipinski definition) is 4. The van der Waals surface area contributed by atoms with Gasteiger partial charge in [0.05, 0.1) is 15.3 Å². The van der Waals surface area contributed by atoms with Crippen LogP contribution in [0.25, 0.3) is 0 Å². The molecule has 1 saturated heterocycles. The van der Waals surface area contributed by atoms with Crippen molar-refractivity contribution in [3.63, 3.8) is 0 Å². The molecule has 22 heavy (non-hydrogen) atoms. The zero-order valence-corrected chi connectivity index (χ0v) is 12.0. The third kappa shape index (κ3) is 1.27. The smallest absolute Gasteiger partial charge is 0.174 e. The van der Waals surface area contributed by atoms with E-state index in [2.05, 4.69) is 0 Å². The number of piperidine rings is 1. The van der Waals surface area contributed by atoms with Crippen molar-refractivity contribution in [1.29, 1.82) is 0 Å². The number of carbonyl (C=O) groups excluding carboxylic acids is 1. The highest BCUT2D eigenvalue weighted by atomic mass is 16.5. The normalized spacial score (nSPS) is 58.0. The molecule has 4 heteroatoms. The average molecular weight is 309 g/mol. The van der Waals surface area contributed by atoms with Gasteiger partial charge in [0.1, 0.15) is 0 Å². The predicted molar refractivity (Wildman–Crippen MR) is 81.6 cm³/mol. The van der Waals surface area contributed by atoms with Gasteiger partial charge in [0, 0.05) is 28.9 Å². The molecule has 0 aromatic heterocycles. The van der Waals surface area contributed by atoms with Gasteiger partial charge in [-0.1, -0.05) is 6.04 Å². The molecule has 2 aliphatic carbocycles. The van der Waals surface area contributed by atoms with Crippen molar-refractivity contribution < 1.29 is 28.0 Å². The number of likely N-dealkylation sites (N-methyl/N-ethyl adjacent to an activating group) is 1. The molecule has 0 amide bonds. The number of Topliss-reactive ketones (excluding diaryl/α,β-unsaturated/α-hetero) is 1. The number of ketones is 1. The number of carbonyl (C=O) groups is 1. The van der Waals surface area contributed by atoms with Crippen LogP contribution in [0.5, 0.6) is 11.5 Å². The third-order valence-corrected chi connectivity index (χ3v) is 5.31. The van der Waals surface area contributed by atoms with E-state index in [1.54, 1.807) is 11.9 Å². The molecule has 4 nitrogen and oxygen atoms in total. The fraction of sp³-hybridized carbons (Fsp3) is 0.611. The minimum Gasteiger partial charge on any atom is -0.493 e. The molecule has 2 heterocycles. The summed E-state index contributed by atoms with van der Waals surface area (Å²) in [5, 5.41) is 0. The molecule has 1 aromatic rings. The van der Waals surface area contributed by atoms with Crippen molar-refractivity contribution in [3.8, 4) is 11.5 Å². The maximum Gasteiger partial charge on any atom is 0.174 e. The van der Waals surface area contributed by atoms with Crippen LogP contribution in [0.2, 0.25) is 0 Å². The number of benzene rings is 1. The molecule has 2 bridgehead atoms. The van der Waals surface area contributed by atoms with Gasteiger partial charge < -0.3 is 14.4 Å². The van der Waals surface area contributed by atoms with E-state index in [-0.39, 0.29) is 36.3 Å². The van der Waals surface area contributed by atoms with E-state index >= 15 is 0 Å². The van der Waals surface area contributed by atoms with Crippen molar-refractivity contribution >= 4 is 5.78 Å². The lowest BCUT2D eigenvalue weighted by Crippen LogP contribution is -2.65. The highest BCUT2D eigenvalue weighted by Crippen LogP contribution is 2.62. The van der Waals surface area contributed by atoms with Gasteiger partial charge in [-0.05, 0) is 50.4 Å². The van der Waals surface area contributed by atoms with Crippen molar-refractivity contribution in [2.75, 3.05) is 20.6 Å². The molecule has 1 saturated carbocycles. The van der Waals surface area contributed by atoms with Crippen LogP contribution >= 0.6 is 0 Å². The summed E-state index contributed by atoms with van der Waals surface area (Å²) in [5.74, 6) is -4.25. The van der Waals surface area contributed by atoms with Gasteiger partial charge in [-0.15, -0.1) is 0 Å². The van der Waals surface area contributed by atoms with Crippen LogP contribution in [0.4, 0.5) is 0 Å². The molecule has 4 atom stereocenters. The van der Waals surface area contributed by atoms with Crippen LogP contribution in [0.3, 0.4) is 0 Å². The summed E-state index contributed by atoms with van der Waals surface area (Å²) in [4.78, 5) is 14.9.